The predicted molar refractivity (Wildman–Crippen MR) is 170 cm³/mol. The summed E-state index contributed by atoms with van der Waals surface area (Å²) in [5, 5.41) is 14.7. The second kappa shape index (κ2) is 16.5. The lowest BCUT2D eigenvalue weighted by atomic mass is 10.0. The average molecular weight is 688 g/mol. The van der Waals surface area contributed by atoms with Crippen LogP contribution in [0.25, 0.3) is 11.3 Å². The zero-order chi connectivity index (χ0) is 32.4. The first kappa shape index (κ1) is 34.8. The molecule has 0 spiro atoms. The van der Waals surface area contributed by atoms with Crippen molar-refractivity contribution in [2.24, 2.45) is 0 Å². The van der Waals surface area contributed by atoms with Crippen LogP contribution in [0.15, 0.2) is 47.8 Å². The largest absolute Gasteiger partial charge is 0.494 e. The highest BCUT2D eigenvalue weighted by Gasteiger charge is 2.38. The molecule has 244 valence electrons. The molecule has 0 bridgehead atoms. The molecule has 45 heavy (non-hydrogen) atoms. The fraction of sp³-hybridized carbons (Fsp3) is 0.452. The molecule has 2 N–H and O–H groups in total. The fourth-order valence-corrected chi connectivity index (χ4v) is 6.24. The van der Waals surface area contributed by atoms with Crippen LogP contribution in [-0.4, -0.2) is 71.9 Å². The smallest absolute Gasteiger partial charge is 0.490 e. The van der Waals surface area contributed by atoms with Gasteiger partial charge in [0.15, 0.2) is 5.13 Å². The van der Waals surface area contributed by atoms with Crippen LogP contribution >= 0.6 is 34.5 Å². The maximum absolute atomic E-state index is 12.4. The monoisotopic (exact) mass is 686 g/mol. The van der Waals surface area contributed by atoms with E-state index in [1.807, 2.05) is 30.3 Å². The van der Waals surface area contributed by atoms with Gasteiger partial charge in [0.2, 0.25) is 5.91 Å². The van der Waals surface area contributed by atoms with E-state index in [-0.39, 0.29) is 11.9 Å². The zero-order valence-electron chi connectivity index (χ0n) is 24.5. The average Bonchev–Trinajstić information content (AvgIpc) is 3.72. The summed E-state index contributed by atoms with van der Waals surface area (Å²) in [5.74, 6) is -1.84. The molecule has 2 aliphatic heterocycles. The van der Waals surface area contributed by atoms with Gasteiger partial charge >= 0.3 is 12.1 Å². The molecule has 0 radical (unpaired) electrons. The Bertz CT molecular complexity index is 1410. The Hall–Kier alpha value is -3.06. The van der Waals surface area contributed by atoms with Gasteiger partial charge in [-0.05, 0) is 74.1 Å². The van der Waals surface area contributed by atoms with Gasteiger partial charge in [-0.1, -0.05) is 29.3 Å². The number of carbonyl (C=O) groups is 2. The highest BCUT2D eigenvalue weighted by Crippen LogP contribution is 2.30. The van der Waals surface area contributed by atoms with Crippen LogP contribution < -0.4 is 15.0 Å². The van der Waals surface area contributed by atoms with Crippen LogP contribution in [0.4, 0.5) is 18.3 Å². The van der Waals surface area contributed by atoms with Crippen LogP contribution in [0.5, 0.6) is 5.75 Å². The van der Waals surface area contributed by atoms with Gasteiger partial charge in [0.1, 0.15) is 5.75 Å². The van der Waals surface area contributed by atoms with Crippen molar-refractivity contribution in [1.82, 2.24) is 15.2 Å². The Labute approximate surface area is 274 Å². The van der Waals surface area contributed by atoms with Crippen molar-refractivity contribution in [3.8, 4) is 17.0 Å². The third-order valence-corrected chi connectivity index (χ3v) is 9.06. The minimum absolute atomic E-state index is 0.101. The number of carbonyl (C=O) groups excluding carboxylic acids is 1. The van der Waals surface area contributed by atoms with Crippen LogP contribution in [0.3, 0.4) is 0 Å². The normalized spacial score (nSPS) is 15.8. The van der Waals surface area contributed by atoms with Crippen LogP contribution in [0.1, 0.15) is 44.1 Å². The lowest BCUT2D eigenvalue weighted by molar-refractivity contribution is -0.192. The van der Waals surface area contributed by atoms with Crippen molar-refractivity contribution in [2.75, 3.05) is 37.7 Å². The van der Waals surface area contributed by atoms with Crippen LogP contribution in [-0.2, 0) is 16.1 Å². The number of anilines is 1. The number of nitrogens with zero attached hydrogens (tertiary/aromatic N) is 3. The minimum Gasteiger partial charge on any atom is -0.494 e. The molecular formula is C31H35Cl2F3N4O4S. The molecule has 0 saturated carbocycles. The number of ether oxygens (including phenoxy) is 1. The number of aromatic nitrogens is 1. The van der Waals surface area contributed by atoms with E-state index in [9.17, 15) is 18.0 Å². The summed E-state index contributed by atoms with van der Waals surface area (Å²) in [7, 11) is 0. The second-order valence-electron chi connectivity index (χ2n) is 10.9. The zero-order valence-corrected chi connectivity index (χ0v) is 26.8. The van der Waals surface area contributed by atoms with E-state index >= 15 is 0 Å². The first-order valence-corrected chi connectivity index (χ1v) is 16.3. The lowest BCUT2D eigenvalue weighted by Crippen LogP contribution is -2.44. The Kier molecular flexibility index (Phi) is 12.8. The molecule has 8 nitrogen and oxygen atoms in total. The van der Waals surface area contributed by atoms with Gasteiger partial charge in [-0.3, -0.25) is 9.69 Å². The molecule has 0 atom stereocenters. The maximum atomic E-state index is 12.4. The molecular weight excluding hydrogens is 652 g/mol. The molecule has 5 rings (SSSR count). The third-order valence-electron chi connectivity index (χ3n) is 7.42. The Morgan fingerprint density at radius 2 is 1.69 bits per heavy atom. The molecule has 2 fully saturated rings. The summed E-state index contributed by atoms with van der Waals surface area (Å²) >= 11 is 13.9. The number of alkyl halides is 3. The molecule has 3 heterocycles. The number of benzene rings is 2. The Morgan fingerprint density at radius 1 is 1.02 bits per heavy atom. The van der Waals surface area contributed by atoms with Crippen LogP contribution in [0.2, 0.25) is 10.0 Å². The van der Waals surface area contributed by atoms with Crippen molar-refractivity contribution in [1.29, 1.82) is 0 Å². The van der Waals surface area contributed by atoms with Gasteiger partial charge in [0.05, 0.1) is 22.3 Å². The van der Waals surface area contributed by atoms with E-state index in [2.05, 4.69) is 32.6 Å². The topological polar surface area (TPSA) is 95.0 Å². The summed E-state index contributed by atoms with van der Waals surface area (Å²) in [6.07, 6.45) is 0.492. The van der Waals surface area contributed by atoms with Gasteiger partial charge < -0.3 is 20.1 Å². The molecule has 0 unspecified atom stereocenters. The summed E-state index contributed by atoms with van der Waals surface area (Å²) in [5.41, 5.74) is 3.27. The van der Waals surface area contributed by atoms with Crippen molar-refractivity contribution >= 4 is 51.5 Å². The number of amides is 1. The van der Waals surface area contributed by atoms with Crippen molar-refractivity contribution in [3.05, 3.63) is 63.5 Å². The van der Waals surface area contributed by atoms with E-state index in [4.69, 9.17) is 42.8 Å². The summed E-state index contributed by atoms with van der Waals surface area (Å²) in [6.45, 7) is 5.48. The number of aliphatic carboxylic acids is 1. The highest BCUT2D eigenvalue weighted by molar-refractivity contribution is 7.14. The molecule has 2 aliphatic rings. The number of nitrogens with one attached hydrogen (secondary N) is 1. The maximum Gasteiger partial charge on any atom is 0.490 e. The number of carboxylic acid groups (broad SMARTS) is 1. The standard InChI is InChI=1S/C29H34Cl2N4O2S.C2HF3O2/c30-25-10-5-21(18-26(25)31)19-34-15-11-23(12-16-34)32-28(36)4-3-17-37-24-8-6-22(7-9-24)27-20-38-29(33-27)35-13-1-2-14-35;3-2(4,5)1(6)7/h5-10,18,20,23H,1-4,11-17,19H2,(H,32,36);(H,6,7). The number of thiazole rings is 1. The Balaban J connectivity index is 0.000000591. The van der Waals surface area contributed by atoms with E-state index in [0.29, 0.717) is 29.5 Å². The van der Waals surface area contributed by atoms with Gasteiger partial charge in [-0.2, -0.15) is 13.2 Å². The fourth-order valence-electron chi connectivity index (χ4n) is 5.03. The first-order valence-electron chi connectivity index (χ1n) is 14.7. The molecule has 2 saturated heterocycles. The summed E-state index contributed by atoms with van der Waals surface area (Å²) < 4.78 is 37.6. The van der Waals surface area contributed by atoms with Gasteiger partial charge in [0, 0.05) is 56.1 Å². The number of likely N-dealkylation sites (tertiary alicyclic amines) is 1. The quantitative estimate of drug-likeness (QED) is 0.216. The Morgan fingerprint density at radius 3 is 2.31 bits per heavy atom. The van der Waals surface area contributed by atoms with E-state index in [1.54, 1.807) is 11.3 Å². The SMILES string of the molecule is O=C(CCCOc1ccc(-c2csc(N3CCCC3)n2)cc1)NC1CCN(Cc2ccc(Cl)c(Cl)c2)CC1.O=C(O)C(F)(F)F. The molecule has 1 aromatic heterocycles. The number of piperidine rings is 1. The van der Waals surface area contributed by atoms with Crippen molar-refractivity contribution < 1.29 is 32.6 Å². The van der Waals surface area contributed by atoms with Crippen LogP contribution in [0, 0.1) is 0 Å². The number of hydrogen-bond acceptors (Lipinski definition) is 7. The minimum atomic E-state index is -5.08. The number of rotatable bonds is 10. The van der Waals surface area contributed by atoms with E-state index in [1.165, 1.54) is 12.8 Å². The third kappa shape index (κ3) is 11.1. The van der Waals surface area contributed by atoms with Gasteiger partial charge in [0.25, 0.3) is 0 Å². The van der Waals surface area contributed by atoms with E-state index < -0.39 is 12.1 Å². The summed E-state index contributed by atoms with van der Waals surface area (Å²) in [6, 6.07) is 14.1. The number of halogens is 5. The molecule has 3 aromatic rings. The van der Waals surface area contributed by atoms with Crippen molar-refractivity contribution in [3.63, 3.8) is 0 Å². The molecule has 2 aromatic carbocycles. The van der Waals surface area contributed by atoms with Crippen molar-refractivity contribution in [2.45, 2.75) is 57.3 Å². The molecule has 1 amide bonds. The molecule has 0 aliphatic carbocycles. The first-order chi connectivity index (χ1) is 21.5. The van der Waals surface area contributed by atoms with Gasteiger partial charge in [-0.25, -0.2) is 9.78 Å². The number of carboxylic acids is 1. The second-order valence-corrected chi connectivity index (χ2v) is 12.5. The van der Waals surface area contributed by atoms with E-state index in [0.717, 1.165) is 73.3 Å². The highest BCUT2D eigenvalue weighted by atomic mass is 35.5. The summed E-state index contributed by atoms with van der Waals surface area (Å²) in [4.78, 5) is 30.9. The predicted octanol–water partition coefficient (Wildman–Crippen LogP) is 7.29. The number of hydrogen-bond donors (Lipinski definition) is 2. The lowest BCUT2D eigenvalue weighted by Gasteiger charge is -2.32. The van der Waals surface area contributed by atoms with Gasteiger partial charge in [-0.15, -0.1) is 11.3 Å². The molecule has 14 heteroatoms.